The molecule has 4 nitrogen and oxygen atoms in total. The molecule has 1 heterocycles. The lowest BCUT2D eigenvalue weighted by atomic mass is 10.2. The van der Waals surface area contributed by atoms with Crippen LogP contribution in [0.1, 0.15) is 41.5 Å². The molecule has 1 saturated heterocycles. The van der Waals surface area contributed by atoms with Crippen molar-refractivity contribution in [1.82, 2.24) is 0 Å². The van der Waals surface area contributed by atoms with Crippen LogP contribution in [0.2, 0.25) is 36.3 Å². The summed E-state index contributed by atoms with van der Waals surface area (Å²) in [6.07, 6.45) is -0.333. The Kier molecular flexibility index (Phi) is 10.7. The first-order chi connectivity index (χ1) is 11.9. The monoisotopic (exact) mass is 502 g/mol. The zero-order valence-corrected chi connectivity index (χ0v) is 21.4. The molecule has 0 spiro atoms. The van der Waals surface area contributed by atoms with Crippen molar-refractivity contribution in [1.29, 1.82) is 0 Å². The van der Waals surface area contributed by atoms with Crippen molar-refractivity contribution >= 4 is 39.2 Å². The molecular formula is C18H39IO4Si2. The van der Waals surface area contributed by atoms with E-state index in [0.29, 0.717) is 0 Å². The molecule has 1 rings (SSSR count). The molecule has 0 unspecified atom stereocenters. The van der Waals surface area contributed by atoms with Gasteiger partial charge in [0.05, 0.1) is 6.10 Å². The van der Waals surface area contributed by atoms with Crippen LogP contribution in [0.25, 0.3) is 0 Å². The van der Waals surface area contributed by atoms with Crippen molar-refractivity contribution in [3.63, 3.8) is 0 Å². The summed E-state index contributed by atoms with van der Waals surface area (Å²) in [5.74, 6) is 0. The lowest BCUT2D eigenvalue weighted by Crippen LogP contribution is -2.52. The lowest BCUT2D eigenvalue weighted by Gasteiger charge is -2.39. The maximum absolute atomic E-state index is 6.90. The Balaban J connectivity index is 3.13. The molecule has 1 aliphatic rings. The first kappa shape index (κ1) is 24.0. The zero-order valence-electron chi connectivity index (χ0n) is 17.3. The largest absolute Gasteiger partial charge is 0.408 e. The molecule has 1 aliphatic heterocycles. The predicted octanol–water partition coefficient (Wildman–Crippen LogP) is 5.57. The Bertz CT molecular complexity index is 328. The molecule has 0 amide bonds. The Morgan fingerprint density at radius 1 is 0.760 bits per heavy atom. The van der Waals surface area contributed by atoms with Crippen LogP contribution in [-0.2, 0) is 18.3 Å². The summed E-state index contributed by atoms with van der Waals surface area (Å²) in [6.45, 7) is 13.6. The summed E-state index contributed by atoms with van der Waals surface area (Å²) in [7, 11) is -1.76. The summed E-state index contributed by atoms with van der Waals surface area (Å²) < 4.78 is 26.6. The number of rotatable bonds is 12. The zero-order chi connectivity index (χ0) is 19.1. The van der Waals surface area contributed by atoms with Crippen LogP contribution in [-0.4, -0.2) is 52.8 Å². The quantitative estimate of drug-likeness (QED) is 0.199. The molecule has 0 N–H and O–H groups in total. The maximum atomic E-state index is 6.90. The van der Waals surface area contributed by atoms with Crippen LogP contribution in [0.3, 0.4) is 0 Å². The number of hydrogen-bond donors (Lipinski definition) is 0. The normalized spacial score (nSPS) is 27.8. The second kappa shape index (κ2) is 11.1. The van der Waals surface area contributed by atoms with Gasteiger partial charge < -0.3 is 18.3 Å². The highest BCUT2D eigenvalue weighted by molar-refractivity contribution is 14.1. The molecule has 0 radical (unpaired) electrons. The van der Waals surface area contributed by atoms with Gasteiger partial charge in [-0.15, -0.1) is 0 Å². The molecule has 25 heavy (non-hydrogen) atoms. The van der Waals surface area contributed by atoms with Crippen molar-refractivity contribution in [2.45, 2.75) is 102 Å². The second-order valence-electron chi connectivity index (χ2n) is 7.09. The third-order valence-electron chi connectivity index (χ3n) is 6.29. The highest BCUT2D eigenvalue weighted by Crippen LogP contribution is 2.37. The van der Waals surface area contributed by atoms with E-state index in [-0.39, 0.29) is 24.6 Å². The van der Waals surface area contributed by atoms with Gasteiger partial charge in [-0.25, -0.2) is 0 Å². The minimum atomic E-state index is -1.76. The van der Waals surface area contributed by atoms with Gasteiger partial charge in [-0.1, -0.05) is 64.1 Å². The van der Waals surface area contributed by atoms with Crippen LogP contribution < -0.4 is 0 Å². The van der Waals surface area contributed by atoms with Gasteiger partial charge in [0.2, 0.25) is 0 Å². The van der Waals surface area contributed by atoms with Gasteiger partial charge in [-0.3, -0.25) is 0 Å². The fraction of sp³-hybridized carbons (Fsp3) is 1.00. The molecule has 0 bridgehead atoms. The summed E-state index contributed by atoms with van der Waals surface area (Å²) in [5, 5.41) is 0. The van der Waals surface area contributed by atoms with Crippen LogP contribution in [0.4, 0.5) is 0 Å². The average molecular weight is 503 g/mol. The predicted molar refractivity (Wildman–Crippen MR) is 119 cm³/mol. The van der Waals surface area contributed by atoms with Gasteiger partial charge in [0.15, 0.2) is 22.9 Å². The molecule has 150 valence electrons. The van der Waals surface area contributed by atoms with E-state index >= 15 is 0 Å². The third kappa shape index (κ3) is 5.51. The fourth-order valence-electron chi connectivity index (χ4n) is 3.85. The standard InChI is InChI=1S/C18H39IO4Si2/c1-8-24(9-2,10-3)22-16-15(14-19)21-18(20-7)17(16)23-25(11-4,12-5)13-6/h15-18H,8-14H2,1-7H3/t15-,16-,17+,18+/m1/s1. The number of hydrogen-bond acceptors (Lipinski definition) is 4. The smallest absolute Gasteiger partial charge is 0.192 e. The van der Waals surface area contributed by atoms with Crippen LogP contribution in [0.15, 0.2) is 0 Å². The summed E-state index contributed by atoms with van der Waals surface area (Å²) in [4.78, 5) is 0. The van der Waals surface area contributed by atoms with Gasteiger partial charge in [-0.05, 0) is 36.3 Å². The molecule has 1 fully saturated rings. The topological polar surface area (TPSA) is 36.9 Å². The van der Waals surface area contributed by atoms with Crippen LogP contribution in [0, 0.1) is 0 Å². The van der Waals surface area contributed by atoms with Crippen molar-refractivity contribution in [2.75, 3.05) is 11.5 Å². The van der Waals surface area contributed by atoms with E-state index in [9.17, 15) is 0 Å². The second-order valence-corrected chi connectivity index (χ2v) is 17.4. The van der Waals surface area contributed by atoms with Gasteiger partial charge in [0.25, 0.3) is 0 Å². The molecular weight excluding hydrogens is 463 g/mol. The van der Waals surface area contributed by atoms with Gasteiger partial charge >= 0.3 is 0 Å². The number of halogens is 1. The minimum Gasteiger partial charge on any atom is -0.408 e. The van der Waals surface area contributed by atoms with E-state index in [0.717, 1.165) is 40.7 Å². The first-order valence-electron chi connectivity index (χ1n) is 10.0. The van der Waals surface area contributed by atoms with E-state index in [1.165, 1.54) is 0 Å². The highest BCUT2D eigenvalue weighted by Gasteiger charge is 2.51. The first-order valence-corrected chi connectivity index (χ1v) is 16.6. The third-order valence-corrected chi connectivity index (χ3v) is 16.4. The van der Waals surface area contributed by atoms with E-state index in [2.05, 4.69) is 64.1 Å². The Hall–Kier alpha value is 1.00. The Labute approximate surface area is 171 Å². The Morgan fingerprint density at radius 3 is 1.48 bits per heavy atom. The van der Waals surface area contributed by atoms with E-state index in [1.54, 1.807) is 7.11 Å². The van der Waals surface area contributed by atoms with Crippen molar-refractivity contribution in [2.24, 2.45) is 0 Å². The van der Waals surface area contributed by atoms with Crippen molar-refractivity contribution in [3.05, 3.63) is 0 Å². The number of methoxy groups -OCH3 is 1. The van der Waals surface area contributed by atoms with E-state index in [1.807, 2.05) is 0 Å². The molecule has 0 aromatic rings. The number of ether oxygens (including phenoxy) is 2. The van der Waals surface area contributed by atoms with Gasteiger partial charge in [-0.2, -0.15) is 0 Å². The molecule has 0 aliphatic carbocycles. The van der Waals surface area contributed by atoms with E-state index in [4.69, 9.17) is 18.3 Å². The lowest BCUT2D eigenvalue weighted by molar-refractivity contribution is -0.141. The summed E-state index contributed by atoms with van der Waals surface area (Å²) in [6, 6.07) is 6.83. The molecule has 4 atom stereocenters. The molecule has 0 aromatic carbocycles. The SMILES string of the molecule is CC[Si](CC)(CC)O[C@@H]1[C@@H](OC)O[C@H](CI)[C@H]1O[Si](CC)(CC)CC. The molecule has 0 saturated carbocycles. The Morgan fingerprint density at radius 2 is 1.16 bits per heavy atom. The van der Waals surface area contributed by atoms with Crippen molar-refractivity contribution in [3.8, 4) is 0 Å². The van der Waals surface area contributed by atoms with Crippen LogP contribution >= 0.6 is 22.6 Å². The van der Waals surface area contributed by atoms with Crippen molar-refractivity contribution < 1.29 is 18.3 Å². The summed E-state index contributed by atoms with van der Waals surface area (Å²) in [5.41, 5.74) is 0. The fourth-order valence-corrected chi connectivity index (χ4v) is 10.2. The van der Waals surface area contributed by atoms with Crippen LogP contribution in [0.5, 0.6) is 0 Å². The van der Waals surface area contributed by atoms with Gasteiger partial charge in [0, 0.05) is 11.5 Å². The molecule has 0 aromatic heterocycles. The van der Waals surface area contributed by atoms with E-state index < -0.39 is 16.6 Å². The highest BCUT2D eigenvalue weighted by atomic mass is 127. The molecule has 7 heteroatoms. The minimum absolute atomic E-state index is 0.00453. The summed E-state index contributed by atoms with van der Waals surface area (Å²) >= 11 is 2.40. The maximum Gasteiger partial charge on any atom is 0.192 e. The number of alkyl halides is 1. The average Bonchev–Trinajstić information content (AvgIpc) is 3.00. The van der Waals surface area contributed by atoms with Gasteiger partial charge in [0.1, 0.15) is 12.2 Å².